The van der Waals surface area contributed by atoms with Crippen LogP contribution in [0.3, 0.4) is 0 Å². The van der Waals surface area contributed by atoms with Crippen LogP contribution in [0.15, 0.2) is 66.9 Å². The minimum Gasteiger partial charge on any atom is -0.497 e. The van der Waals surface area contributed by atoms with Crippen LogP contribution in [-0.2, 0) is 6.42 Å². The molecule has 27 heavy (non-hydrogen) atoms. The smallest absolute Gasteiger partial charge is 0.252 e. The van der Waals surface area contributed by atoms with E-state index >= 15 is 0 Å². The van der Waals surface area contributed by atoms with E-state index in [0.29, 0.717) is 24.3 Å². The first-order valence-electron chi connectivity index (χ1n) is 8.54. The molecule has 0 radical (unpaired) electrons. The average molecular weight is 365 g/mol. The maximum absolute atomic E-state index is 12.9. The van der Waals surface area contributed by atoms with E-state index in [1.807, 2.05) is 24.3 Å². The van der Waals surface area contributed by atoms with Gasteiger partial charge in [-0.3, -0.25) is 4.79 Å². The van der Waals surface area contributed by atoms with Gasteiger partial charge in [-0.2, -0.15) is 0 Å². The number of amides is 1. The number of aromatic nitrogens is 1. The first-order valence-corrected chi connectivity index (χ1v) is 8.54. The summed E-state index contributed by atoms with van der Waals surface area (Å²) < 4.78 is 18.1. The van der Waals surface area contributed by atoms with Gasteiger partial charge in [0, 0.05) is 24.5 Å². The molecule has 0 spiro atoms. The molecule has 0 saturated carbocycles. The predicted molar refractivity (Wildman–Crippen MR) is 103 cm³/mol. The van der Waals surface area contributed by atoms with Crippen molar-refractivity contribution >= 4 is 17.4 Å². The van der Waals surface area contributed by atoms with Gasteiger partial charge in [-0.05, 0) is 48.4 Å². The molecule has 0 saturated heterocycles. The Balaban J connectivity index is 1.52. The fourth-order valence-electron chi connectivity index (χ4n) is 2.52. The number of anilines is 2. The summed E-state index contributed by atoms with van der Waals surface area (Å²) >= 11 is 0. The highest BCUT2D eigenvalue weighted by Gasteiger charge is 2.06. The third-order valence-electron chi connectivity index (χ3n) is 3.98. The van der Waals surface area contributed by atoms with Crippen molar-refractivity contribution < 1.29 is 13.9 Å². The Labute approximate surface area is 157 Å². The van der Waals surface area contributed by atoms with Gasteiger partial charge in [0.05, 0.1) is 12.7 Å². The van der Waals surface area contributed by atoms with E-state index in [1.165, 1.54) is 18.3 Å². The molecule has 0 fully saturated rings. The molecule has 0 unspecified atom stereocenters. The number of carbonyl (C=O) groups is 1. The van der Waals surface area contributed by atoms with E-state index in [2.05, 4.69) is 15.6 Å². The molecule has 3 rings (SSSR count). The summed E-state index contributed by atoms with van der Waals surface area (Å²) in [5.74, 6) is 0.914. The molecule has 6 heteroatoms. The van der Waals surface area contributed by atoms with Gasteiger partial charge in [0.1, 0.15) is 17.4 Å². The molecule has 1 amide bonds. The van der Waals surface area contributed by atoms with Crippen LogP contribution in [0.4, 0.5) is 15.9 Å². The van der Waals surface area contributed by atoms with Gasteiger partial charge in [0.2, 0.25) is 0 Å². The summed E-state index contributed by atoms with van der Waals surface area (Å²) in [6, 6.07) is 17.2. The van der Waals surface area contributed by atoms with Gasteiger partial charge in [-0.1, -0.05) is 18.2 Å². The number of nitrogens with zero attached hydrogens (tertiary/aromatic N) is 1. The number of halogens is 1. The van der Waals surface area contributed by atoms with Crippen LogP contribution in [-0.4, -0.2) is 24.5 Å². The Kier molecular flexibility index (Phi) is 5.99. The van der Waals surface area contributed by atoms with Crippen LogP contribution in [0.1, 0.15) is 15.9 Å². The highest BCUT2D eigenvalue weighted by molar-refractivity contribution is 5.94. The zero-order valence-corrected chi connectivity index (χ0v) is 14.9. The average Bonchev–Trinajstić information content (AvgIpc) is 2.70. The van der Waals surface area contributed by atoms with E-state index in [4.69, 9.17) is 4.74 Å². The number of methoxy groups -OCH3 is 1. The number of ether oxygens (including phenoxy) is 1. The van der Waals surface area contributed by atoms with Crippen LogP contribution in [0.5, 0.6) is 5.75 Å². The minimum atomic E-state index is -0.267. The van der Waals surface area contributed by atoms with E-state index in [1.54, 1.807) is 31.4 Å². The molecule has 0 aliphatic carbocycles. The second-order valence-electron chi connectivity index (χ2n) is 5.92. The lowest BCUT2D eigenvalue weighted by Gasteiger charge is -2.09. The maximum atomic E-state index is 12.9. The Morgan fingerprint density at radius 1 is 1.11 bits per heavy atom. The lowest BCUT2D eigenvalue weighted by atomic mass is 10.1. The molecule has 2 N–H and O–H groups in total. The molecule has 138 valence electrons. The Morgan fingerprint density at radius 3 is 2.63 bits per heavy atom. The molecule has 5 nitrogen and oxygen atoms in total. The van der Waals surface area contributed by atoms with Gasteiger partial charge >= 0.3 is 0 Å². The van der Waals surface area contributed by atoms with Crippen LogP contribution in [0, 0.1) is 5.82 Å². The van der Waals surface area contributed by atoms with Crippen LogP contribution < -0.4 is 15.4 Å². The summed E-state index contributed by atoms with van der Waals surface area (Å²) in [5, 5.41) is 6.00. The summed E-state index contributed by atoms with van der Waals surface area (Å²) in [6.07, 6.45) is 2.16. The van der Waals surface area contributed by atoms with E-state index in [-0.39, 0.29) is 11.7 Å². The molecule has 0 atom stereocenters. The highest BCUT2D eigenvalue weighted by atomic mass is 19.1. The zero-order valence-electron chi connectivity index (χ0n) is 14.9. The van der Waals surface area contributed by atoms with Crippen LogP contribution >= 0.6 is 0 Å². The molecule has 2 aromatic carbocycles. The fraction of sp³-hybridized carbons (Fsp3) is 0.143. The standard InChI is InChI=1S/C21H20FN3O2/c1-27-19-4-2-3-18(13-19)25-20-10-7-16(14-24-20)21(26)23-12-11-15-5-8-17(22)9-6-15/h2-10,13-14H,11-12H2,1H3,(H,23,26)(H,24,25). The van der Waals surface area contributed by atoms with Crippen molar-refractivity contribution in [2.24, 2.45) is 0 Å². The number of nitrogens with one attached hydrogen (secondary N) is 2. The minimum absolute atomic E-state index is 0.197. The number of pyridine rings is 1. The van der Waals surface area contributed by atoms with Crippen molar-refractivity contribution in [3.05, 3.63) is 83.8 Å². The SMILES string of the molecule is COc1cccc(Nc2ccc(C(=O)NCCc3ccc(F)cc3)cn2)c1. The quantitative estimate of drug-likeness (QED) is 0.666. The van der Waals surface area contributed by atoms with Crippen LogP contribution in [0.25, 0.3) is 0 Å². The molecule has 3 aromatic rings. The highest BCUT2D eigenvalue weighted by Crippen LogP contribution is 2.20. The normalized spacial score (nSPS) is 10.3. The number of hydrogen-bond acceptors (Lipinski definition) is 4. The Morgan fingerprint density at radius 2 is 1.93 bits per heavy atom. The number of rotatable bonds is 7. The monoisotopic (exact) mass is 365 g/mol. The van der Waals surface area contributed by atoms with Gasteiger partial charge < -0.3 is 15.4 Å². The first kappa shape index (κ1) is 18.4. The van der Waals surface area contributed by atoms with Gasteiger partial charge in [-0.15, -0.1) is 0 Å². The summed E-state index contributed by atoms with van der Waals surface area (Å²) in [4.78, 5) is 16.5. The number of hydrogen-bond donors (Lipinski definition) is 2. The fourth-order valence-corrected chi connectivity index (χ4v) is 2.52. The number of benzene rings is 2. The Hall–Kier alpha value is -3.41. The van der Waals surface area contributed by atoms with E-state index in [9.17, 15) is 9.18 Å². The third kappa shape index (κ3) is 5.28. The van der Waals surface area contributed by atoms with E-state index in [0.717, 1.165) is 17.0 Å². The molecule has 0 bridgehead atoms. The second-order valence-corrected chi connectivity index (χ2v) is 5.92. The van der Waals surface area contributed by atoms with Crippen LogP contribution in [0.2, 0.25) is 0 Å². The molecular formula is C21H20FN3O2. The van der Waals surface area contributed by atoms with Crippen molar-refractivity contribution in [2.75, 3.05) is 19.0 Å². The first-order chi connectivity index (χ1) is 13.1. The molecule has 0 aliphatic heterocycles. The topological polar surface area (TPSA) is 63.2 Å². The largest absolute Gasteiger partial charge is 0.497 e. The summed E-state index contributed by atoms with van der Waals surface area (Å²) in [6.45, 7) is 0.467. The van der Waals surface area contributed by atoms with Crippen molar-refractivity contribution in [2.45, 2.75) is 6.42 Å². The second kappa shape index (κ2) is 8.80. The lowest BCUT2D eigenvalue weighted by Crippen LogP contribution is -2.25. The zero-order chi connectivity index (χ0) is 19.1. The van der Waals surface area contributed by atoms with Gasteiger partial charge in [0.25, 0.3) is 5.91 Å². The molecule has 0 aliphatic rings. The summed E-state index contributed by atoms with van der Waals surface area (Å²) in [5.41, 5.74) is 2.29. The number of carbonyl (C=O) groups excluding carboxylic acids is 1. The van der Waals surface area contributed by atoms with Gasteiger partial charge in [-0.25, -0.2) is 9.37 Å². The van der Waals surface area contributed by atoms with Gasteiger partial charge in [0.15, 0.2) is 0 Å². The van der Waals surface area contributed by atoms with Crippen molar-refractivity contribution in [1.82, 2.24) is 10.3 Å². The third-order valence-corrected chi connectivity index (χ3v) is 3.98. The van der Waals surface area contributed by atoms with E-state index < -0.39 is 0 Å². The molecule has 1 aromatic heterocycles. The lowest BCUT2D eigenvalue weighted by molar-refractivity contribution is 0.0954. The van der Waals surface area contributed by atoms with Crippen molar-refractivity contribution in [3.8, 4) is 5.75 Å². The van der Waals surface area contributed by atoms with Crippen molar-refractivity contribution in [3.63, 3.8) is 0 Å². The van der Waals surface area contributed by atoms with Crippen molar-refractivity contribution in [1.29, 1.82) is 0 Å². The predicted octanol–water partition coefficient (Wildman–Crippen LogP) is 3.95. The summed E-state index contributed by atoms with van der Waals surface area (Å²) in [7, 11) is 1.61. The molecular weight excluding hydrogens is 345 g/mol. The molecule has 1 heterocycles. The Bertz CT molecular complexity index is 896. The maximum Gasteiger partial charge on any atom is 0.252 e.